The highest BCUT2D eigenvalue weighted by Gasteiger charge is 2.30. The Morgan fingerprint density at radius 2 is 2.12 bits per heavy atom. The average molecular weight is 348 g/mol. The summed E-state index contributed by atoms with van der Waals surface area (Å²) in [6, 6.07) is 6.70. The van der Waals surface area contributed by atoms with Gasteiger partial charge in [0, 0.05) is 24.5 Å². The summed E-state index contributed by atoms with van der Waals surface area (Å²) in [6.07, 6.45) is 1.49. The first kappa shape index (κ1) is 17.0. The van der Waals surface area contributed by atoms with Gasteiger partial charge in [0.05, 0.1) is 17.3 Å². The summed E-state index contributed by atoms with van der Waals surface area (Å²) in [4.78, 5) is 9.06. The van der Waals surface area contributed by atoms with Gasteiger partial charge in [-0.2, -0.15) is 13.2 Å². The van der Waals surface area contributed by atoms with Crippen LogP contribution in [0.3, 0.4) is 0 Å². The van der Waals surface area contributed by atoms with Gasteiger partial charge in [-0.3, -0.25) is 4.98 Å². The van der Waals surface area contributed by atoms with Crippen LogP contribution in [0.5, 0.6) is 0 Å². The van der Waals surface area contributed by atoms with E-state index in [4.69, 9.17) is 10.2 Å². The molecule has 0 radical (unpaired) electrons. The van der Waals surface area contributed by atoms with Crippen molar-refractivity contribution in [2.75, 3.05) is 11.9 Å². The van der Waals surface area contributed by atoms with E-state index in [1.807, 2.05) is 6.08 Å². The lowest BCUT2D eigenvalue weighted by molar-refractivity contribution is -0.137. The smallest absolute Gasteiger partial charge is 0.416 e. The van der Waals surface area contributed by atoms with E-state index in [1.54, 1.807) is 12.1 Å². The Labute approximate surface area is 142 Å². The summed E-state index contributed by atoms with van der Waals surface area (Å²) in [5.41, 5.74) is 3.95. The number of anilines is 1. The fourth-order valence-electron chi connectivity index (χ4n) is 2.39. The molecule has 0 saturated heterocycles. The van der Waals surface area contributed by atoms with Gasteiger partial charge in [0.25, 0.3) is 0 Å². The number of hydroxylamine groups is 1. The number of halogens is 3. The van der Waals surface area contributed by atoms with Crippen molar-refractivity contribution in [3.05, 3.63) is 60.1 Å². The Morgan fingerprint density at radius 3 is 2.80 bits per heavy atom. The van der Waals surface area contributed by atoms with Crippen molar-refractivity contribution in [2.45, 2.75) is 12.2 Å². The van der Waals surface area contributed by atoms with Crippen molar-refractivity contribution >= 4 is 11.9 Å². The van der Waals surface area contributed by atoms with Gasteiger partial charge in [-0.1, -0.05) is 12.1 Å². The first-order valence-electron chi connectivity index (χ1n) is 7.47. The third kappa shape index (κ3) is 3.97. The molecule has 1 aromatic heterocycles. The summed E-state index contributed by atoms with van der Waals surface area (Å²) in [6.45, 7) is 0.477. The van der Waals surface area contributed by atoms with Crippen LogP contribution in [-0.4, -0.2) is 23.8 Å². The molecule has 3 N–H and O–H groups in total. The Bertz CT molecular complexity index is 805. The highest BCUT2D eigenvalue weighted by molar-refractivity contribution is 5.85. The second-order valence-electron chi connectivity index (χ2n) is 5.43. The maximum absolute atomic E-state index is 12.9. The van der Waals surface area contributed by atoms with Gasteiger partial charge in [-0.15, -0.1) is 5.48 Å². The van der Waals surface area contributed by atoms with Gasteiger partial charge in [0.15, 0.2) is 0 Å². The van der Waals surface area contributed by atoms with Crippen LogP contribution in [-0.2, 0) is 11.0 Å². The predicted molar refractivity (Wildman–Crippen MR) is 88.2 cm³/mol. The molecular weight excluding hydrogens is 333 g/mol. The van der Waals surface area contributed by atoms with Crippen molar-refractivity contribution in [2.24, 2.45) is 0 Å². The van der Waals surface area contributed by atoms with E-state index >= 15 is 0 Å². The molecule has 25 heavy (non-hydrogen) atoms. The largest absolute Gasteiger partial charge is 0.416 e. The number of nitrogens with zero attached hydrogens (tertiary/aromatic N) is 1. The van der Waals surface area contributed by atoms with Crippen LogP contribution in [0.1, 0.15) is 11.3 Å². The molecule has 1 aliphatic rings. The van der Waals surface area contributed by atoms with E-state index in [9.17, 15) is 13.2 Å². The van der Waals surface area contributed by atoms with E-state index in [0.717, 1.165) is 18.3 Å². The van der Waals surface area contributed by atoms with E-state index in [2.05, 4.69) is 15.8 Å². The third-order valence-corrected chi connectivity index (χ3v) is 3.69. The number of hydrogen-bond acceptors (Lipinski definition) is 5. The second kappa shape index (κ2) is 6.94. The molecule has 0 saturated carbocycles. The number of pyridine rings is 1. The van der Waals surface area contributed by atoms with Crippen LogP contribution in [0.2, 0.25) is 0 Å². The standard InChI is InChI=1S/C17H15F3N4O/c18-17(19,20)13-3-1-2-11(6-13)12-7-15(16(8-21)22-9-12)23-10-14-4-5-25-24-14/h1-9,14,21,23-24H,10H2. The lowest BCUT2D eigenvalue weighted by atomic mass is 10.0. The molecule has 3 rings (SSSR count). The number of benzene rings is 1. The molecule has 0 amide bonds. The Kier molecular flexibility index (Phi) is 4.71. The average Bonchev–Trinajstić information content (AvgIpc) is 3.12. The molecular formula is C17H15F3N4O. The number of nitrogens with one attached hydrogen (secondary N) is 3. The van der Waals surface area contributed by atoms with Crippen molar-refractivity contribution in [3.63, 3.8) is 0 Å². The van der Waals surface area contributed by atoms with Crippen molar-refractivity contribution in [1.29, 1.82) is 5.41 Å². The normalized spacial score (nSPS) is 16.5. The van der Waals surface area contributed by atoms with Crippen LogP contribution >= 0.6 is 0 Å². The van der Waals surface area contributed by atoms with E-state index in [0.29, 0.717) is 29.1 Å². The number of alkyl halides is 3. The molecule has 1 atom stereocenters. The van der Waals surface area contributed by atoms with E-state index in [-0.39, 0.29) is 6.04 Å². The Hall–Kier alpha value is -2.87. The maximum Gasteiger partial charge on any atom is 0.416 e. The van der Waals surface area contributed by atoms with Gasteiger partial charge in [0.2, 0.25) is 0 Å². The molecule has 1 unspecified atom stereocenters. The van der Waals surface area contributed by atoms with E-state index < -0.39 is 11.7 Å². The minimum Gasteiger partial charge on any atom is -0.416 e. The summed E-state index contributed by atoms with van der Waals surface area (Å²) in [5.74, 6) is 0. The fraction of sp³-hybridized carbons (Fsp3) is 0.176. The molecule has 0 bridgehead atoms. The second-order valence-corrected chi connectivity index (χ2v) is 5.43. The summed E-state index contributed by atoms with van der Waals surface area (Å²) in [5, 5.41) is 10.6. The molecule has 5 nitrogen and oxygen atoms in total. The van der Waals surface area contributed by atoms with E-state index in [1.165, 1.54) is 18.5 Å². The van der Waals surface area contributed by atoms with Crippen LogP contribution in [0.4, 0.5) is 18.9 Å². The molecule has 1 aromatic carbocycles. The molecule has 0 spiro atoms. The number of rotatable bonds is 5. The summed E-state index contributed by atoms with van der Waals surface area (Å²) >= 11 is 0. The monoisotopic (exact) mass is 348 g/mol. The van der Waals surface area contributed by atoms with Gasteiger partial charge in [-0.25, -0.2) is 0 Å². The molecule has 8 heteroatoms. The number of aromatic nitrogens is 1. The maximum atomic E-state index is 12.9. The van der Waals surface area contributed by atoms with Crippen LogP contribution in [0, 0.1) is 5.41 Å². The predicted octanol–water partition coefficient (Wildman–Crippen LogP) is 3.59. The SMILES string of the molecule is N=Cc1ncc(-c2cccc(C(F)(F)F)c2)cc1NCC1C=CON1. The number of hydrogen-bond donors (Lipinski definition) is 3. The van der Waals surface area contributed by atoms with Gasteiger partial charge in [0.1, 0.15) is 12.0 Å². The zero-order valence-corrected chi connectivity index (χ0v) is 13.0. The minimum absolute atomic E-state index is 0.0456. The summed E-state index contributed by atoms with van der Waals surface area (Å²) in [7, 11) is 0. The molecule has 130 valence electrons. The van der Waals surface area contributed by atoms with Crippen LogP contribution < -0.4 is 10.8 Å². The molecule has 2 heterocycles. The van der Waals surface area contributed by atoms with Gasteiger partial charge >= 0.3 is 6.18 Å². The van der Waals surface area contributed by atoms with Gasteiger partial charge < -0.3 is 15.6 Å². The lowest BCUT2D eigenvalue weighted by Crippen LogP contribution is -2.29. The highest BCUT2D eigenvalue weighted by Crippen LogP contribution is 2.32. The first-order chi connectivity index (χ1) is 12.0. The van der Waals surface area contributed by atoms with Crippen molar-refractivity contribution < 1.29 is 18.0 Å². The molecule has 0 fully saturated rings. The quantitative estimate of drug-likeness (QED) is 0.722. The first-order valence-corrected chi connectivity index (χ1v) is 7.47. The minimum atomic E-state index is -4.40. The van der Waals surface area contributed by atoms with Crippen LogP contribution in [0.15, 0.2) is 48.9 Å². The molecule has 1 aliphatic heterocycles. The Balaban J connectivity index is 1.88. The zero-order chi connectivity index (χ0) is 17.9. The Morgan fingerprint density at radius 1 is 1.28 bits per heavy atom. The zero-order valence-electron chi connectivity index (χ0n) is 13.0. The molecule has 0 aliphatic carbocycles. The van der Waals surface area contributed by atoms with Crippen LogP contribution in [0.25, 0.3) is 11.1 Å². The third-order valence-electron chi connectivity index (χ3n) is 3.69. The van der Waals surface area contributed by atoms with Crippen molar-refractivity contribution in [1.82, 2.24) is 10.5 Å². The summed E-state index contributed by atoms with van der Waals surface area (Å²) < 4.78 is 38.7. The highest BCUT2D eigenvalue weighted by atomic mass is 19.4. The van der Waals surface area contributed by atoms with Gasteiger partial charge in [-0.05, 0) is 29.8 Å². The lowest BCUT2D eigenvalue weighted by Gasteiger charge is -2.14. The van der Waals surface area contributed by atoms with Crippen molar-refractivity contribution in [3.8, 4) is 11.1 Å². The fourth-order valence-corrected chi connectivity index (χ4v) is 2.39. The molecule has 2 aromatic rings. The topological polar surface area (TPSA) is 70.0 Å².